The number of hydrogen-bond donors (Lipinski definition) is 0. The van der Waals surface area contributed by atoms with Gasteiger partial charge in [-0.05, 0) is 12.8 Å². The first-order valence-corrected chi connectivity index (χ1v) is 8.43. The molecule has 0 aliphatic rings. The van der Waals surface area contributed by atoms with Crippen LogP contribution in [-0.2, 0) is 14.9 Å². The lowest BCUT2D eigenvalue weighted by atomic mass is 10.2. The van der Waals surface area contributed by atoms with Gasteiger partial charge in [0, 0.05) is 24.8 Å². The van der Waals surface area contributed by atoms with Crippen LogP contribution in [0.2, 0.25) is 0 Å². The molecule has 21 heavy (non-hydrogen) atoms. The van der Waals surface area contributed by atoms with Gasteiger partial charge in [0.2, 0.25) is 5.82 Å². The summed E-state index contributed by atoms with van der Waals surface area (Å²) in [5.41, 5.74) is -0.865. The van der Waals surface area contributed by atoms with Crippen molar-refractivity contribution in [2.45, 2.75) is 32.7 Å². The van der Waals surface area contributed by atoms with E-state index in [1.165, 1.54) is 0 Å². The van der Waals surface area contributed by atoms with Crippen LogP contribution in [0.5, 0.6) is 0 Å². The van der Waals surface area contributed by atoms with Crippen LogP contribution in [0.3, 0.4) is 0 Å². The maximum atomic E-state index is 13.6. The van der Waals surface area contributed by atoms with Gasteiger partial charge in [-0.15, -0.1) is 0 Å². The Morgan fingerprint density at radius 1 is 0.714 bits per heavy atom. The van der Waals surface area contributed by atoms with E-state index in [0.717, 1.165) is 0 Å². The second kappa shape index (κ2) is 8.45. The summed E-state index contributed by atoms with van der Waals surface area (Å²) in [5, 5.41) is 0. The molecule has 0 unspecified atom stereocenters. The molecule has 1 rings (SSSR count). The molecule has 1 aromatic rings. The van der Waals surface area contributed by atoms with E-state index in [0.29, 0.717) is 26.1 Å². The molecule has 0 aliphatic carbocycles. The molecule has 1 aromatic carbocycles. The van der Waals surface area contributed by atoms with Gasteiger partial charge >= 0.3 is 9.28 Å². The molecule has 0 N–H and O–H groups in total. The lowest BCUT2D eigenvalue weighted by Gasteiger charge is -2.17. The summed E-state index contributed by atoms with van der Waals surface area (Å²) in [6.45, 7) is 4.30. The van der Waals surface area contributed by atoms with Gasteiger partial charge in [-0.1, -0.05) is 13.8 Å². The highest BCUT2D eigenvalue weighted by atomic mass is 28.3. The third kappa shape index (κ3) is 4.49. The van der Waals surface area contributed by atoms with Crippen molar-refractivity contribution >= 4 is 9.28 Å². The predicted molar refractivity (Wildman–Crippen MR) is 69.6 cm³/mol. The highest BCUT2D eigenvalue weighted by molar-refractivity contribution is 6.43. The molecule has 0 spiro atoms. The van der Waals surface area contributed by atoms with E-state index in [4.69, 9.17) is 8.85 Å². The summed E-state index contributed by atoms with van der Waals surface area (Å²) in [4.78, 5) is 0. The molecule has 0 saturated heterocycles. The largest absolute Gasteiger partial charge is 0.396 e. The van der Waals surface area contributed by atoms with Crippen molar-refractivity contribution in [2.75, 3.05) is 13.2 Å². The van der Waals surface area contributed by atoms with Gasteiger partial charge in [-0.2, -0.15) is 0 Å². The van der Waals surface area contributed by atoms with Crippen molar-refractivity contribution in [3.63, 3.8) is 0 Å². The lowest BCUT2D eigenvalue weighted by molar-refractivity contribution is 0.195. The highest BCUT2D eigenvalue weighted by Crippen LogP contribution is 2.24. The number of halogens is 5. The lowest BCUT2D eigenvalue weighted by Crippen LogP contribution is -2.29. The van der Waals surface area contributed by atoms with E-state index >= 15 is 0 Å². The van der Waals surface area contributed by atoms with Crippen molar-refractivity contribution in [3.05, 3.63) is 34.6 Å². The van der Waals surface area contributed by atoms with Crippen molar-refractivity contribution in [2.24, 2.45) is 0 Å². The first kappa shape index (κ1) is 18.1. The zero-order valence-corrected chi connectivity index (χ0v) is 13.0. The summed E-state index contributed by atoms with van der Waals surface area (Å²) in [6, 6.07) is -0.411. The summed E-state index contributed by atoms with van der Waals surface area (Å²) >= 11 is 0. The van der Waals surface area contributed by atoms with Crippen LogP contribution in [0, 0.1) is 29.1 Å². The van der Waals surface area contributed by atoms with Crippen molar-refractivity contribution in [3.8, 4) is 0 Å². The predicted octanol–water partition coefficient (Wildman–Crippen LogP) is 3.54. The average molecular weight is 328 g/mol. The third-order valence-electron chi connectivity index (χ3n) is 2.69. The maximum Gasteiger partial charge on any atom is 0.326 e. The minimum Gasteiger partial charge on any atom is -0.396 e. The molecule has 2 nitrogen and oxygen atoms in total. The van der Waals surface area contributed by atoms with Crippen LogP contribution in [0.25, 0.3) is 0 Å². The molecule has 0 aromatic heterocycles. The first-order chi connectivity index (χ1) is 9.93. The number of benzene rings is 1. The molecule has 0 radical (unpaired) electrons. The Morgan fingerprint density at radius 3 is 1.48 bits per heavy atom. The Kier molecular flexibility index (Phi) is 7.27. The molecule has 120 valence electrons. The monoisotopic (exact) mass is 328 g/mol. The Bertz CT molecular complexity index is 447. The normalized spacial score (nSPS) is 11.4. The van der Waals surface area contributed by atoms with E-state index in [1.807, 2.05) is 13.8 Å². The highest BCUT2D eigenvalue weighted by Gasteiger charge is 2.28. The van der Waals surface area contributed by atoms with Gasteiger partial charge < -0.3 is 8.85 Å². The van der Waals surface area contributed by atoms with Gasteiger partial charge in [0.15, 0.2) is 23.3 Å². The van der Waals surface area contributed by atoms with E-state index in [-0.39, 0.29) is 0 Å². The topological polar surface area (TPSA) is 18.5 Å². The van der Waals surface area contributed by atoms with Crippen LogP contribution in [-0.4, -0.2) is 22.5 Å². The van der Waals surface area contributed by atoms with Crippen molar-refractivity contribution < 1.29 is 30.8 Å². The minimum atomic E-state index is -2.54. The van der Waals surface area contributed by atoms with E-state index in [2.05, 4.69) is 0 Å². The van der Waals surface area contributed by atoms with Crippen LogP contribution in [0.1, 0.15) is 32.3 Å². The molecular weight excluding hydrogens is 311 g/mol. The second-order valence-corrected chi connectivity index (χ2v) is 6.36. The fourth-order valence-corrected chi connectivity index (χ4v) is 3.68. The number of hydrogen-bond acceptors (Lipinski definition) is 2. The van der Waals surface area contributed by atoms with Crippen molar-refractivity contribution in [1.29, 1.82) is 0 Å². The quantitative estimate of drug-likeness (QED) is 0.314. The van der Waals surface area contributed by atoms with Gasteiger partial charge in [0.25, 0.3) is 0 Å². The van der Waals surface area contributed by atoms with E-state index in [9.17, 15) is 22.0 Å². The van der Waals surface area contributed by atoms with Crippen LogP contribution < -0.4 is 0 Å². The summed E-state index contributed by atoms with van der Waals surface area (Å²) in [6.07, 6.45) is 1.33. The molecule has 8 heteroatoms. The Morgan fingerprint density at radius 2 is 1.10 bits per heavy atom. The summed E-state index contributed by atoms with van der Waals surface area (Å²) in [5.74, 6) is -9.67. The minimum absolute atomic E-state index is 0.315. The molecular formula is C13H17F5O2Si. The number of rotatable bonds is 8. The zero-order valence-electron chi connectivity index (χ0n) is 11.8. The molecule has 0 aliphatic heterocycles. The fraction of sp³-hybridized carbons (Fsp3) is 0.538. The molecule has 0 saturated carbocycles. The van der Waals surface area contributed by atoms with Crippen LogP contribution in [0.15, 0.2) is 0 Å². The van der Waals surface area contributed by atoms with E-state index in [1.54, 1.807) is 0 Å². The van der Waals surface area contributed by atoms with Crippen LogP contribution in [0.4, 0.5) is 22.0 Å². The third-order valence-corrected chi connectivity index (χ3v) is 4.64. The van der Waals surface area contributed by atoms with Crippen molar-refractivity contribution in [1.82, 2.24) is 0 Å². The molecule has 0 atom stereocenters. The molecule has 0 heterocycles. The van der Waals surface area contributed by atoms with Gasteiger partial charge in [0.1, 0.15) is 0 Å². The Hall–Kier alpha value is -0.993. The smallest absolute Gasteiger partial charge is 0.326 e. The molecule has 0 fully saturated rings. The summed E-state index contributed by atoms with van der Waals surface area (Å²) < 4.78 is 77.1. The van der Waals surface area contributed by atoms with Gasteiger partial charge in [-0.3, -0.25) is 0 Å². The Labute approximate surface area is 121 Å². The fourth-order valence-electron chi connectivity index (χ4n) is 1.66. The maximum absolute atomic E-state index is 13.6. The van der Waals surface area contributed by atoms with E-state index < -0.39 is 50.0 Å². The van der Waals surface area contributed by atoms with Gasteiger partial charge in [-0.25, -0.2) is 22.0 Å². The Balaban J connectivity index is 3.02. The van der Waals surface area contributed by atoms with Crippen LogP contribution >= 0.6 is 0 Å². The SMILES string of the molecule is CCCO[SiH](Cc1c(F)c(F)c(F)c(F)c1F)OCCC. The van der Waals surface area contributed by atoms with Gasteiger partial charge in [0.05, 0.1) is 0 Å². The average Bonchev–Trinajstić information content (AvgIpc) is 2.49. The zero-order chi connectivity index (χ0) is 16.0. The molecule has 0 amide bonds. The molecule has 0 bridgehead atoms. The second-order valence-electron chi connectivity index (χ2n) is 4.42. The summed E-state index contributed by atoms with van der Waals surface area (Å²) in [7, 11) is -2.54. The standard InChI is InChI=1S/C13H17F5O2Si/c1-3-5-19-21(20-6-4-2)7-8-9(14)11(16)13(18)12(17)10(8)15/h21H,3-7H2,1-2H3. The first-order valence-electron chi connectivity index (χ1n) is 6.67.